The predicted octanol–water partition coefficient (Wildman–Crippen LogP) is 4.43. The van der Waals surface area contributed by atoms with Crippen molar-refractivity contribution in [2.24, 2.45) is 0 Å². The minimum Gasteiger partial charge on any atom is -0.491 e. The summed E-state index contributed by atoms with van der Waals surface area (Å²) in [7, 11) is 0. The molecular weight excluding hydrogens is 416 g/mol. The van der Waals surface area contributed by atoms with Gasteiger partial charge >= 0.3 is 0 Å². The number of para-hydroxylation sites is 1. The van der Waals surface area contributed by atoms with Crippen molar-refractivity contribution in [2.75, 3.05) is 24.6 Å². The van der Waals surface area contributed by atoms with Gasteiger partial charge < -0.3 is 14.4 Å². The zero-order chi connectivity index (χ0) is 23.5. The number of rotatable bonds is 8. The highest BCUT2D eigenvalue weighted by Gasteiger charge is 2.42. The monoisotopic (exact) mass is 448 g/mol. The fraction of sp³-hybridized carbons (Fsp3) is 0.407. The van der Waals surface area contributed by atoms with Gasteiger partial charge in [0.15, 0.2) is 0 Å². The lowest BCUT2D eigenvalue weighted by Crippen LogP contribution is -2.39. The first-order valence-electron chi connectivity index (χ1n) is 11.7. The molecule has 174 valence electrons. The molecular formula is C27H32N2O4. The maximum atomic E-state index is 13.6. The Balaban J connectivity index is 1.75. The maximum absolute atomic E-state index is 13.6. The third-order valence-corrected chi connectivity index (χ3v) is 5.80. The first kappa shape index (κ1) is 23.1. The van der Waals surface area contributed by atoms with Crippen LogP contribution in [0.5, 0.6) is 5.75 Å². The number of hydrogen-bond donors (Lipinski definition) is 0. The molecule has 0 radical (unpaired) electrons. The van der Waals surface area contributed by atoms with Gasteiger partial charge in [-0.2, -0.15) is 0 Å². The highest BCUT2D eigenvalue weighted by atomic mass is 16.5. The molecule has 0 aliphatic carbocycles. The van der Waals surface area contributed by atoms with Gasteiger partial charge in [0.1, 0.15) is 11.4 Å². The van der Waals surface area contributed by atoms with Crippen molar-refractivity contribution in [1.82, 2.24) is 4.90 Å². The summed E-state index contributed by atoms with van der Waals surface area (Å²) in [4.78, 5) is 30.5. The third-order valence-electron chi connectivity index (χ3n) is 5.80. The molecule has 0 saturated carbocycles. The summed E-state index contributed by atoms with van der Waals surface area (Å²) in [6.07, 6.45) is 1.98. The Hall–Kier alpha value is -3.12. The summed E-state index contributed by atoms with van der Waals surface area (Å²) in [6, 6.07) is 15.5. The molecule has 2 heterocycles. The van der Waals surface area contributed by atoms with Gasteiger partial charge in [-0.15, -0.1) is 0 Å². The van der Waals surface area contributed by atoms with Crippen LogP contribution in [0.25, 0.3) is 5.57 Å². The zero-order valence-corrected chi connectivity index (χ0v) is 19.8. The number of aryl methyl sites for hydroxylation is 1. The van der Waals surface area contributed by atoms with Crippen LogP contribution < -0.4 is 9.64 Å². The van der Waals surface area contributed by atoms with Crippen LogP contribution in [-0.2, 0) is 20.7 Å². The summed E-state index contributed by atoms with van der Waals surface area (Å²) in [5, 5.41) is 0. The Morgan fingerprint density at radius 1 is 0.909 bits per heavy atom. The molecule has 2 aromatic carbocycles. The SMILES string of the molecule is CC(C)OCCN1C(=O)C(c2ccc(OC(C)C)cc2)=C(N2CCCc3ccccc32)C1=O. The Labute approximate surface area is 195 Å². The summed E-state index contributed by atoms with van der Waals surface area (Å²) >= 11 is 0. The average Bonchev–Trinajstić information content (AvgIpc) is 3.03. The van der Waals surface area contributed by atoms with Crippen LogP contribution in [0.1, 0.15) is 45.2 Å². The molecule has 0 saturated heterocycles. The van der Waals surface area contributed by atoms with Crippen LogP contribution in [0.3, 0.4) is 0 Å². The Kier molecular flexibility index (Phi) is 6.84. The van der Waals surface area contributed by atoms with Crippen molar-refractivity contribution in [3.8, 4) is 5.75 Å². The molecule has 0 atom stereocenters. The van der Waals surface area contributed by atoms with E-state index in [0.717, 1.165) is 29.8 Å². The minimum atomic E-state index is -0.275. The van der Waals surface area contributed by atoms with Crippen LogP contribution in [-0.4, -0.2) is 48.6 Å². The molecule has 2 aliphatic rings. The number of fused-ring (bicyclic) bond motifs is 1. The van der Waals surface area contributed by atoms with Crippen LogP contribution in [0.2, 0.25) is 0 Å². The van der Waals surface area contributed by atoms with E-state index >= 15 is 0 Å². The van der Waals surface area contributed by atoms with Gasteiger partial charge in [-0.1, -0.05) is 30.3 Å². The molecule has 0 spiro atoms. The molecule has 0 fully saturated rings. The second-order valence-electron chi connectivity index (χ2n) is 8.98. The highest BCUT2D eigenvalue weighted by molar-refractivity contribution is 6.36. The van der Waals surface area contributed by atoms with Crippen molar-refractivity contribution in [1.29, 1.82) is 0 Å². The normalized spacial score (nSPS) is 16.3. The van der Waals surface area contributed by atoms with Crippen molar-refractivity contribution < 1.29 is 19.1 Å². The number of anilines is 1. The second-order valence-corrected chi connectivity index (χ2v) is 8.98. The summed E-state index contributed by atoms with van der Waals surface area (Å²) in [6.45, 7) is 9.06. The molecule has 6 nitrogen and oxygen atoms in total. The lowest BCUT2D eigenvalue weighted by Gasteiger charge is -2.32. The standard InChI is InChI=1S/C27H32N2O4/c1-18(2)32-17-16-29-26(30)24(21-11-13-22(14-12-21)33-19(3)4)25(27(29)31)28-15-7-9-20-8-5-6-10-23(20)28/h5-6,8,10-14,18-19H,7,9,15-17H2,1-4H3. The largest absolute Gasteiger partial charge is 0.491 e. The van der Waals surface area contributed by atoms with Crippen molar-refractivity contribution in [3.63, 3.8) is 0 Å². The summed E-state index contributed by atoms with van der Waals surface area (Å²) < 4.78 is 11.4. The Morgan fingerprint density at radius 2 is 1.64 bits per heavy atom. The van der Waals surface area contributed by atoms with E-state index in [1.165, 1.54) is 10.5 Å². The quantitative estimate of drug-likeness (QED) is 0.559. The number of carbonyl (C=O) groups is 2. The van der Waals surface area contributed by atoms with E-state index in [4.69, 9.17) is 9.47 Å². The highest BCUT2D eigenvalue weighted by Crippen LogP contribution is 2.38. The lowest BCUT2D eigenvalue weighted by molar-refractivity contribution is -0.138. The Morgan fingerprint density at radius 3 is 2.33 bits per heavy atom. The van der Waals surface area contributed by atoms with Crippen LogP contribution in [0, 0.1) is 0 Å². The third kappa shape index (κ3) is 4.81. The van der Waals surface area contributed by atoms with E-state index in [1.807, 2.05) is 75.1 Å². The molecule has 2 aromatic rings. The zero-order valence-electron chi connectivity index (χ0n) is 19.8. The maximum Gasteiger partial charge on any atom is 0.278 e. The molecule has 6 heteroatoms. The average molecular weight is 449 g/mol. The fourth-order valence-electron chi connectivity index (χ4n) is 4.39. The lowest BCUT2D eigenvalue weighted by atomic mass is 9.98. The van der Waals surface area contributed by atoms with Gasteiger partial charge in [0.25, 0.3) is 11.8 Å². The fourth-order valence-corrected chi connectivity index (χ4v) is 4.39. The smallest absolute Gasteiger partial charge is 0.278 e. The van der Waals surface area contributed by atoms with Crippen LogP contribution in [0.15, 0.2) is 54.2 Å². The van der Waals surface area contributed by atoms with Crippen LogP contribution in [0.4, 0.5) is 5.69 Å². The number of amides is 2. The topological polar surface area (TPSA) is 59.1 Å². The number of hydrogen-bond acceptors (Lipinski definition) is 5. The van der Waals surface area contributed by atoms with E-state index in [2.05, 4.69) is 6.07 Å². The molecule has 2 aliphatic heterocycles. The van der Waals surface area contributed by atoms with E-state index < -0.39 is 0 Å². The van der Waals surface area contributed by atoms with Gasteiger partial charge in [-0.05, 0) is 69.9 Å². The number of nitrogens with zero attached hydrogens (tertiary/aromatic N) is 2. The van der Waals surface area contributed by atoms with E-state index in [0.29, 0.717) is 24.4 Å². The number of benzene rings is 2. The molecule has 2 amide bonds. The Bertz CT molecular complexity index is 1060. The number of imide groups is 1. The van der Waals surface area contributed by atoms with Gasteiger partial charge in [-0.25, -0.2) is 0 Å². The molecule has 0 unspecified atom stereocenters. The van der Waals surface area contributed by atoms with Crippen molar-refractivity contribution in [3.05, 3.63) is 65.4 Å². The predicted molar refractivity (Wildman–Crippen MR) is 129 cm³/mol. The van der Waals surface area contributed by atoms with Gasteiger partial charge in [-0.3, -0.25) is 14.5 Å². The molecule has 0 N–H and O–H groups in total. The van der Waals surface area contributed by atoms with Gasteiger partial charge in [0.05, 0.1) is 30.9 Å². The molecule has 0 aromatic heterocycles. The first-order chi connectivity index (χ1) is 15.9. The van der Waals surface area contributed by atoms with Gasteiger partial charge in [0, 0.05) is 12.2 Å². The van der Waals surface area contributed by atoms with E-state index in [9.17, 15) is 9.59 Å². The number of carbonyl (C=O) groups excluding carboxylic acids is 2. The van der Waals surface area contributed by atoms with Crippen LogP contribution >= 0.6 is 0 Å². The van der Waals surface area contributed by atoms with Gasteiger partial charge in [0.2, 0.25) is 0 Å². The second kappa shape index (κ2) is 9.79. The van der Waals surface area contributed by atoms with Crippen molar-refractivity contribution >= 4 is 23.1 Å². The van der Waals surface area contributed by atoms with E-state index in [-0.39, 0.29) is 30.6 Å². The first-order valence-corrected chi connectivity index (χ1v) is 11.7. The van der Waals surface area contributed by atoms with E-state index in [1.54, 1.807) is 0 Å². The van der Waals surface area contributed by atoms with Crippen molar-refractivity contribution in [2.45, 2.75) is 52.7 Å². The molecule has 33 heavy (non-hydrogen) atoms. The summed E-state index contributed by atoms with van der Waals surface area (Å²) in [5.74, 6) is 0.197. The molecule has 0 bridgehead atoms. The number of ether oxygens (including phenoxy) is 2. The molecule has 4 rings (SSSR count). The summed E-state index contributed by atoms with van der Waals surface area (Å²) in [5.41, 5.74) is 3.80. The minimum absolute atomic E-state index is 0.0344.